The number of hydrogen-bond donors (Lipinski definition) is 2. The largest absolute Gasteiger partial charge is 0.479 e. The maximum atomic E-state index is 5.77. The van der Waals surface area contributed by atoms with E-state index in [1.807, 2.05) is 24.3 Å². The fourth-order valence-corrected chi connectivity index (χ4v) is 6.15. The zero-order valence-corrected chi connectivity index (χ0v) is 26.1. The molecule has 220 valence electrons. The van der Waals surface area contributed by atoms with Crippen molar-refractivity contribution in [2.45, 2.75) is 32.2 Å². The molecule has 2 fully saturated rings. The number of nitrogens with zero attached hydrogens (tertiary/aromatic N) is 7. The molecule has 42 heavy (non-hydrogen) atoms. The van der Waals surface area contributed by atoms with E-state index in [0.717, 1.165) is 78.0 Å². The summed E-state index contributed by atoms with van der Waals surface area (Å²) in [6, 6.07) is 12.8. The maximum absolute atomic E-state index is 5.77. The van der Waals surface area contributed by atoms with Gasteiger partial charge in [-0.2, -0.15) is 9.97 Å². The van der Waals surface area contributed by atoms with Gasteiger partial charge in [0.2, 0.25) is 11.8 Å². The predicted octanol–water partition coefficient (Wildman–Crippen LogP) is 5.46. The Kier molecular flexibility index (Phi) is 8.68. The Morgan fingerprint density at radius 1 is 0.976 bits per heavy atom. The zero-order chi connectivity index (χ0) is 29.1. The molecule has 0 amide bonds. The molecule has 4 aromatic rings. The summed E-state index contributed by atoms with van der Waals surface area (Å²) in [5.41, 5.74) is 3.78. The van der Waals surface area contributed by atoms with Crippen LogP contribution in [-0.4, -0.2) is 89.2 Å². The van der Waals surface area contributed by atoms with Crippen molar-refractivity contribution in [1.82, 2.24) is 29.7 Å². The van der Waals surface area contributed by atoms with Crippen LogP contribution in [0.5, 0.6) is 5.88 Å². The molecule has 0 spiro atoms. The number of piperazine rings is 1. The van der Waals surface area contributed by atoms with E-state index in [0.29, 0.717) is 23.7 Å². The molecule has 0 atom stereocenters. The van der Waals surface area contributed by atoms with Gasteiger partial charge in [-0.15, -0.1) is 0 Å². The van der Waals surface area contributed by atoms with E-state index in [4.69, 9.17) is 14.7 Å². The second-order valence-corrected chi connectivity index (χ2v) is 11.8. The van der Waals surface area contributed by atoms with Gasteiger partial charge in [0.1, 0.15) is 17.3 Å². The molecule has 0 aliphatic carbocycles. The summed E-state index contributed by atoms with van der Waals surface area (Å²) >= 11 is 3.58. The van der Waals surface area contributed by atoms with Crippen molar-refractivity contribution in [3.8, 4) is 5.88 Å². The van der Waals surface area contributed by atoms with Gasteiger partial charge in [0.15, 0.2) is 0 Å². The number of fused-ring (bicyclic) bond motifs is 1. The topological polar surface area (TPSA) is 94.6 Å². The predicted molar refractivity (Wildman–Crippen MR) is 173 cm³/mol. The minimum absolute atomic E-state index is 0.450. The number of likely N-dealkylation sites (N-methyl/N-ethyl adjacent to an activating group) is 1. The molecule has 2 aliphatic rings. The highest BCUT2D eigenvalue weighted by atomic mass is 79.9. The van der Waals surface area contributed by atoms with Crippen LogP contribution in [0.4, 0.5) is 29.0 Å². The van der Waals surface area contributed by atoms with Gasteiger partial charge < -0.3 is 25.2 Å². The molecular formula is C31H38BrN9O. The van der Waals surface area contributed by atoms with Crippen molar-refractivity contribution in [1.29, 1.82) is 0 Å². The number of aryl methyl sites for hydroxylation is 1. The van der Waals surface area contributed by atoms with E-state index in [-0.39, 0.29) is 0 Å². The van der Waals surface area contributed by atoms with Gasteiger partial charge in [0.25, 0.3) is 0 Å². The lowest BCUT2D eigenvalue weighted by Gasteiger charge is -2.42. The lowest BCUT2D eigenvalue weighted by Crippen LogP contribution is -2.52. The van der Waals surface area contributed by atoms with E-state index in [9.17, 15) is 0 Å². The summed E-state index contributed by atoms with van der Waals surface area (Å²) in [6.45, 7) is 8.84. The van der Waals surface area contributed by atoms with E-state index < -0.39 is 0 Å². The van der Waals surface area contributed by atoms with E-state index in [1.54, 1.807) is 19.5 Å². The fraction of sp³-hybridized carbons (Fsp3) is 0.419. The number of pyridine rings is 2. The highest BCUT2D eigenvalue weighted by Gasteiger charge is 2.28. The Labute approximate surface area is 255 Å². The van der Waals surface area contributed by atoms with Gasteiger partial charge >= 0.3 is 0 Å². The molecule has 3 aromatic heterocycles. The molecule has 2 saturated heterocycles. The summed E-state index contributed by atoms with van der Waals surface area (Å²) < 4.78 is 6.52. The van der Waals surface area contributed by atoms with Crippen LogP contribution in [0.1, 0.15) is 25.3 Å². The van der Waals surface area contributed by atoms with Gasteiger partial charge in [0, 0.05) is 68.8 Å². The molecule has 11 heteroatoms. The van der Waals surface area contributed by atoms with E-state index in [2.05, 4.69) is 77.3 Å². The number of piperidine rings is 1. The van der Waals surface area contributed by atoms with Gasteiger partial charge in [-0.3, -0.25) is 9.88 Å². The van der Waals surface area contributed by atoms with Crippen LogP contribution in [0, 0.1) is 0 Å². The maximum Gasteiger partial charge on any atom is 0.239 e. The van der Waals surface area contributed by atoms with Crippen LogP contribution < -0.4 is 20.3 Å². The van der Waals surface area contributed by atoms with Gasteiger partial charge in [0.05, 0.1) is 17.1 Å². The van der Waals surface area contributed by atoms with Crippen molar-refractivity contribution < 1.29 is 4.74 Å². The summed E-state index contributed by atoms with van der Waals surface area (Å²) in [6.07, 6.45) is 6.72. The smallest absolute Gasteiger partial charge is 0.239 e. The highest BCUT2D eigenvalue weighted by Crippen LogP contribution is 2.34. The third-order valence-corrected chi connectivity index (χ3v) is 8.87. The van der Waals surface area contributed by atoms with Crippen molar-refractivity contribution >= 4 is 55.8 Å². The van der Waals surface area contributed by atoms with Gasteiger partial charge in [-0.1, -0.05) is 13.0 Å². The molecule has 2 N–H and O–H groups in total. The second kappa shape index (κ2) is 12.8. The number of methoxy groups -OCH3 is 1. The van der Waals surface area contributed by atoms with Crippen LogP contribution in [0.2, 0.25) is 0 Å². The average molecular weight is 633 g/mol. The van der Waals surface area contributed by atoms with Gasteiger partial charge in [-0.05, 0) is 78.1 Å². The van der Waals surface area contributed by atoms with Crippen LogP contribution in [0.25, 0.3) is 10.9 Å². The number of anilines is 5. The molecule has 1 aromatic carbocycles. The van der Waals surface area contributed by atoms with Crippen molar-refractivity contribution in [2.75, 3.05) is 69.0 Å². The third kappa shape index (κ3) is 6.28. The Bertz CT molecular complexity index is 1530. The molecule has 2 aliphatic heterocycles. The minimum atomic E-state index is 0.450. The standard InChI is InChI=1S/C31H38BrN9O/c1-4-21-19-27(30(42-3)38-29(21)41-12-9-24(10-13-41)40-16-14-39(2)15-17-40)36-31-34-20-25(32)28(37-31)35-23-7-8-26-22(18-23)6-5-11-33-26/h5-8,11,18-20,24H,4,9-10,12-17H2,1-3H3,(H2,34,35,36,37). The number of rotatable bonds is 8. The summed E-state index contributed by atoms with van der Waals surface area (Å²) in [4.78, 5) is 26.2. The molecule has 0 unspecified atom stereocenters. The Balaban J connectivity index is 1.18. The first-order valence-electron chi connectivity index (χ1n) is 14.7. The van der Waals surface area contributed by atoms with E-state index >= 15 is 0 Å². The monoisotopic (exact) mass is 631 g/mol. The van der Waals surface area contributed by atoms with Crippen molar-refractivity contribution in [3.63, 3.8) is 0 Å². The first kappa shape index (κ1) is 28.6. The number of halogens is 1. The molecular weight excluding hydrogens is 594 g/mol. The number of ether oxygens (including phenoxy) is 1. The summed E-state index contributed by atoms with van der Waals surface area (Å²) in [5, 5.41) is 7.81. The second-order valence-electron chi connectivity index (χ2n) is 11.0. The molecule has 10 nitrogen and oxygen atoms in total. The number of hydrogen-bond acceptors (Lipinski definition) is 10. The fourth-order valence-electron chi connectivity index (χ4n) is 5.86. The van der Waals surface area contributed by atoms with Crippen LogP contribution >= 0.6 is 15.9 Å². The summed E-state index contributed by atoms with van der Waals surface area (Å²) in [5.74, 6) is 2.65. The van der Waals surface area contributed by atoms with Crippen molar-refractivity contribution in [2.24, 2.45) is 0 Å². The molecule has 0 radical (unpaired) electrons. The van der Waals surface area contributed by atoms with Crippen molar-refractivity contribution in [3.05, 3.63) is 58.8 Å². The Morgan fingerprint density at radius 2 is 1.79 bits per heavy atom. The SMILES string of the molecule is CCc1cc(Nc2ncc(Br)c(Nc3ccc4ncccc4c3)n2)c(OC)nc1N1CCC(N2CCN(C)CC2)CC1. The Hall–Kier alpha value is -3.54. The van der Waals surface area contributed by atoms with Crippen LogP contribution in [0.15, 0.2) is 53.3 Å². The minimum Gasteiger partial charge on any atom is -0.479 e. The lowest BCUT2D eigenvalue weighted by molar-refractivity contribution is 0.0981. The van der Waals surface area contributed by atoms with Gasteiger partial charge in [-0.25, -0.2) is 4.98 Å². The average Bonchev–Trinajstić information content (AvgIpc) is 3.03. The quantitative estimate of drug-likeness (QED) is 0.261. The molecule has 6 rings (SSSR count). The lowest BCUT2D eigenvalue weighted by atomic mass is 10.0. The van der Waals surface area contributed by atoms with E-state index in [1.165, 1.54) is 18.7 Å². The number of nitrogens with one attached hydrogen (secondary N) is 2. The summed E-state index contributed by atoms with van der Waals surface area (Å²) in [7, 11) is 3.87. The molecule has 5 heterocycles. The normalized spacial score (nSPS) is 17.0. The first-order valence-corrected chi connectivity index (χ1v) is 15.5. The number of aromatic nitrogens is 4. The Morgan fingerprint density at radius 3 is 2.55 bits per heavy atom. The molecule has 0 saturated carbocycles. The highest BCUT2D eigenvalue weighted by molar-refractivity contribution is 9.10. The zero-order valence-electron chi connectivity index (χ0n) is 24.5. The van der Waals surface area contributed by atoms with Crippen LogP contribution in [0.3, 0.4) is 0 Å². The third-order valence-electron chi connectivity index (χ3n) is 8.29. The first-order chi connectivity index (χ1) is 20.5. The van der Waals surface area contributed by atoms with Crippen LogP contribution in [-0.2, 0) is 6.42 Å². The number of benzene rings is 1. The molecule has 0 bridgehead atoms.